The highest BCUT2D eigenvalue weighted by molar-refractivity contribution is 8.18. The molecule has 2 rings (SSSR count). The lowest BCUT2D eigenvalue weighted by atomic mass is 10.2. The number of likely N-dealkylation sites (N-methyl/N-ethyl adjacent to an activating group) is 1. The Hall–Kier alpha value is -2.28. The van der Waals surface area contributed by atoms with Crippen LogP contribution in [-0.2, 0) is 9.59 Å². The molecule has 1 heterocycles. The Labute approximate surface area is 126 Å². The predicted octanol–water partition coefficient (Wildman–Crippen LogP) is 0.347. The van der Waals surface area contributed by atoms with E-state index in [0.29, 0.717) is 15.8 Å². The number of carboxylic acids is 1. The summed E-state index contributed by atoms with van der Waals surface area (Å²) in [6.07, 6.45) is 1.75. The van der Waals surface area contributed by atoms with Gasteiger partial charge in [-0.2, -0.15) is 0 Å². The van der Waals surface area contributed by atoms with Crippen molar-refractivity contribution < 1.29 is 19.4 Å². The van der Waals surface area contributed by atoms with Crippen LogP contribution in [0.3, 0.4) is 0 Å². The van der Waals surface area contributed by atoms with Crippen LogP contribution in [-0.4, -0.2) is 42.6 Å². The zero-order chi connectivity index (χ0) is 15.4. The SMILES string of the molecule is CN=C1S/C(=C/c2ccc(OCC(=O)[O-])cc2)C(=O)N1C. The Morgan fingerprint density at radius 3 is 2.62 bits per heavy atom. The molecule has 0 spiro atoms. The number of aliphatic carboxylic acids is 1. The van der Waals surface area contributed by atoms with Crippen LogP contribution < -0.4 is 9.84 Å². The average molecular weight is 305 g/mol. The molecule has 0 radical (unpaired) electrons. The molecule has 0 aromatic heterocycles. The van der Waals surface area contributed by atoms with E-state index in [1.807, 2.05) is 0 Å². The Morgan fingerprint density at radius 1 is 1.43 bits per heavy atom. The van der Waals surface area contributed by atoms with Crippen molar-refractivity contribution in [3.05, 3.63) is 34.7 Å². The number of hydrogen-bond acceptors (Lipinski definition) is 6. The lowest BCUT2D eigenvalue weighted by molar-refractivity contribution is -0.307. The van der Waals surface area contributed by atoms with Gasteiger partial charge in [-0.05, 0) is 35.5 Å². The number of ether oxygens (including phenoxy) is 1. The number of hydrogen-bond donors (Lipinski definition) is 0. The van der Waals surface area contributed by atoms with Crippen LogP contribution in [0.2, 0.25) is 0 Å². The van der Waals surface area contributed by atoms with Crippen LogP contribution in [0.1, 0.15) is 5.56 Å². The number of benzene rings is 1. The molecule has 110 valence electrons. The zero-order valence-electron chi connectivity index (χ0n) is 11.5. The van der Waals surface area contributed by atoms with Gasteiger partial charge in [0.05, 0.1) is 10.9 Å². The van der Waals surface area contributed by atoms with E-state index in [9.17, 15) is 14.7 Å². The maximum absolute atomic E-state index is 12.0. The molecule has 21 heavy (non-hydrogen) atoms. The van der Waals surface area contributed by atoms with Gasteiger partial charge in [-0.15, -0.1) is 0 Å². The molecular weight excluding hydrogens is 292 g/mol. The number of amides is 1. The maximum Gasteiger partial charge on any atom is 0.266 e. The molecule has 0 bridgehead atoms. The minimum Gasteiger partial charge on any atom is -0.546 e. The summed E-state index contributed by atoms with van der Waals surface area (Å²) in [5, 5.41) is 10.9. The van der Waals surface area contributed by atoms with Crippen molar-refractivity contribution in [2.45, 2.75) is 0 Å². The number of thioether (sulfide) groups is 1. The average Bonchev–Trinajstić information content (AvgIpc) is 2.74. The van der Waals surface area contributed by atoms with Gasteiger partial charge in [-0.3, -0.25) is 14.7 Å². The third-order valence-corrected chi connectivity index (χ3v) is 3.88. The second kappa shape index (κ2) is 6.45. The molecular formula is C14H13N2O4S-. The van der Waals surface area contributed by atoms with Gasteiger partial charge in [0.15, 0.2) is 5.17 Å². The van der Waals surface area contributed by atoms with Gasteiger partial charge in [0.25, 0.3) is 5.91 Å². The molecule has 0 N–H and O–H groups in total. The first-order valence-electron chi connectivity index (χ1n) is 6.08. The Kier molecular flexibility index (Phi) is 4.64. The number of carbonyl (C=O) groups is 2. The number of rotatable bonds is 4. The number of nitrogens with zero attached hydrogens (tertiary/aromatic N) is 2. The summed E-state index contributed by atoms with van der Waals surface area (Å²) in [4.78, 5) is 28.4. The second-order valence-electron chi connectivity index (χ2n) is 4.21. The molecule has 0 atom stereocenters. The van der Waals surface area contributed by atoms with Crippen molar-refractivity contribution in [2.75, 3.05) is 20.7 Å². The molecule has 1 aromatic carbocycles. The molecule has 0 unspecified atom stereocenters. The first-order valence-corrected chi connectivity index (χ1v) is 6.90. The van der Waals surface area contributed by atoms with Crippen LogP contribution in [0, 0.1) is 0 Å². The standard InChI is InChI=1S/C14H14N2O4S/c1-15-14-16(2)13(19)11(21-14)7-9-3-5-10(6-4-9)20-8-12(17)18/h3-7H,8H2,1-2H3,(H,17,18)/p-1/b11-7+,15-14?. The monoisotopic (exact) mass is 305 g/mol. The predicted molar refractivity (Wildman–Crippen MR) is 78.6 cm³/mol. The van der Waals surface area contributed by atoms with Crippen molar-refractivity contribution in [1.82, 2.24) is 4.90 Å². The van der Waals surface area contributed by atoms with E-state index in [4.69, 9.17) is 4.74 Å². The summed E-state index contributed by atoms with van der Waals surface area (Å²) >= 11 is 1.31. The minimum atomic E-state index is -1.27. The van der Waals surface area contributed by atoms with Crippen LogP contribution in [0.15, 0.2) is 34.2 Å². The number of aliphatic imine (C=N–C) groups is 1. The van der Waals surface area contributed by atoms with Gasteiger partial charge in [0.2, 0.25) is 0 Å². The largest absolute Gasteiger partial charge is 0.546 e. The number of carbonyl (C=O) groups excluding carboxylic acids is 2. The number of amidine groups is 1. The van der Waals surface area contributed by atoms with Crippen molar-refractivity contribution in [3.63, 3.8) is 0 Å². The summed E-state index contributed by atoms with van der Waals surface area (Å²) in [7, 11) is 3.31. The lowest BCUT2D eigenvalue weighted by Gasteiger charge is -2.06. The highest BCUT2D eigenvalue weighted by atomic mass is 32.2. The fraction of sp³-hybridized carbons (Fsp3) is 0.214. The van der Waals surface area contributed by atoms with Gasteiger partial charge in [0.1, 0.15) is 12.4 Å². The third-order valence-electron chi connectivity index (χ3n) is 2.73. The smallest absolute Gasteiger partial charge is 0.266 e. The lowest BCUT2D eigenvalue weighted by Crippen LogP contribution is -2.28. The molecule has 1 saturated heterocycles. The Bertz CT molecular complexity index is 622. The van der Waals surface area contributed by atoms with Crippen LogP contribution in [0.4, 0.5) is 0 Å². The molecule has 6 nitrogen and oxygen atoms in total. The van der Waals surface area contributed by atoms with Gasteiger partial charge in [-0.1, -0.05) is 12.1 Å². The summed E-state index contributed by atoms with van der Waals surface area (Å²) in [5.41, 5.74) is 0.817. The molecule has 0 saturated carbocycles. The zero-order valence-corrected chi connectivity index (χ0v) is 12.3. The van der Waals surface area contributed by atoms with E-state index in [0.717, 1.165) is 5.56 Å². The molecule has 1 amide bonds. The van der Waals surface area contributed by atoms with Crippen molar-refractivity contribution in [2.24, 2.45) is 4.99 Å². The summed E-state index contributed by atoms with van der Waals surface area (Å²) in [5.74, 6) is -0.943. The van der Waals surface area contributed by atoms with E-state index < -0.39 is 12.6 Å². The van der Waals surface area contributed by atoms with Crippen LogP contribution in [0.25, 0.3) is 6.08 Å². The second-order valence-corrected chi connectivity index (χ2v) is 5.22. The number of carboxylic acid groups (broad SMARTS) is 1. The molecule has 7 heteroatoms. The van der Waals surface area contributed by atoms with E-state index in [-0.39, 0.29) is 5.91 Å². The Morgan fingerprint density at radius 2 is 2.10 bits per heavy atom. The normalized spacial score (nSPS) is 18.6. The molecule has 0 aliphatic carbocycles. The highest BCUT2D eigenvalue weighted by Crippen LogP contribution is 2.31. The fourth-order valence-electron chi connectivity index (χ4n) is 1.70. The van der Waals surface area contributed by atoms with E-state index in [1.54, 1.807) is 44.4 Å². The minimum absolute atomic E-state index is 0.0992. The topological polar surface area (TPSA) is 82.0 Å². The highest BCUT2D eigenvalue weighted by Gasteiger charge is 2.29. The van der Waals surface area contributed by atoms with E-state index >= 15 is 0 Å². The van der Waals surface area contributed by atoms with Gasteiger partial charge in [0, 0.05) is 14.1 Å². The van der Waals surface area contributed by atoms with Crippen molar-refractivity contribution in [1.29, 1.82) is 0 Å². The summed E-state index contributed by atoms with van der Waals surface area (Å²) < 4.78 is 4.98. The molecule has 1 aliphatic rings. The van der Waals surface area contributed by atoms with Crippen LogP contribution in [0.5, 0.6) is 5.75 Å². The summed E-state index contributed by atoms with van der Waals surface area (Å²) in [6, 6.07) is 6.76. The van der Waals surface area contributed by atoms with Gasteiger partial charge < -0.3 is 14.6 Å². The van der Waals surface area contributed by atoms with Crippen molar-refractivity contribution >= 4 is 34.9 Å². The van der Waals surface area contributed by atoms with Crippen molar-refractivity contribution in [3.8, 4) is 5.75 Å². The van der Waals surface area contributed by atoms with Gasteiger partial charge in [-0.25, -0.2) is 0 Å². The first kappa shape index (κ1) is 15.1. The third kappa shape index (κ3) is 3.63. The molecule has 1 aromatic rings. The van der Waals surface area contributed by atoms with E-state index in [1.165, 1.54) is 16.7 Å². The molecule has 1 fully saturated rings. The maximum atomic E-state index is 12.0. The Balaban J connectivity index is 2.11. The fourth-order valence-corrected chi connectivity index (χ4v) is 2.63. The summed E-state index contributed by atoms with van der Waals surface area (Å²) in [6.45, 7) is -0.490. The van der Waals surface area contributed by atoms with E-state index in [2.05, 4.69) is 4.99 Å². The molecule has 1 aliphatic heterocycles. The quantitative estimate of drug-likeness (QED) is 0.750. The van der Waals surface area contributed by atoms with Crippen LogP contribution >= 0.6 is 11.8 Å². The first-order chi connectivity index (χ1) is 10.0. The van der Waals surface area contributed by atoms with Gasteiger partial charge >= 0.3 is 0 Å².